The first-order chi connectivity index (χ1) is 44.3. The second-order valence-electron chi connectivity index (χ2n) is 22.6. The maximum Gasteiger partial charge on any atom is 0.193 e. The Hall–Kier alpha value is -11.7. The predicted octanol–water partition coefficient (Wildman–Crippen LogP) is 18.8. The molecule has 2 heterocycles. The second-order valence-corrected chi connectivity index (χ2v) is 22.6. The summed E-state index contributed by atoms with van der Waals surface area (Å²) in [5, 5.41) is 0. The summed E-state index contributed by atoms with van der Waals surface area (Å²) in [4.78, 5) is 61.9. The van der Waals surface area contributed by atoms with Crippen LogP contribution >= 0.6 is 0 Å². The van der Waals surface area contributed by atoms with Crippen molar-refractivity contribution in [3.8, 4) is 102 Å². The zero-order chi connectivity index (χ0) is 60.7. The standard InChI is InChI=1S/C82H56N6O2/c1-3-21-52(4-2)54-32-20-33-56(37-34-54)74(89)62-40-44-66-68-46-42-64(80-85-76(58-24-12-6-13-25-58)83-77(86-80)59-26-14-7-15-27-59)50-72(68)82(70(66)48-62)71-49-63(75(90)57-38-35-55(36-39-57)53-22-10-5-11-23-53)41-45-67(71)69-47-43-65(51-73(69)82)81-87-78(60-28-16-8-17-29-60)84-79(88-81)61-30-18-9-19-31-61/h3-19,21-51H,20H2,1-2H3/b21-3-,52-4+. The molecule has 0 saturated heterocycles. The van der Waals surface area contributed by atoms with Gasteiger partial charge in [-0.2, -0.15) is 0 Å². The quantitative estimate of drug-likeness (QED) is 0.0829. The summed E-state index contributed by atoms with van der Waals surface area (Å²) in [5.41, 5.74) is 17.7. The van der Waals surface area contributed by atoms with Crippen molar-refractivity contribution in [3.63, 3.8) is 0 Å². The highest BCUT2D eigenvalue weighted by Gasteiger charge is 2.53. The molecular formula is C82H56N6O2. The normalized spacial score (nSPS) is 14.5. The monoisotopic (exact) mass is 1160 g/mol. The summed E-state index contributed by atoms with van der Waals surface area (Å²) < 4.78 is 0. The lowest BCUT2D eigenvalue weighted by Gasteiger charge is -2.31. The number of nitrogens with zero attached hydrogens (tertiary/aromatic N) is 6. The van der Waals surface area contributed by atoms with E-state index in [4.69, 9.17) is 29.9 Å². The van der Waals surface area contributed by atoms with Gasteiger partial charge in [0.1, 0.15) is 0 Å². The number of carbonyl (C=O) groups is 2. The third-order valence-electron chi connectivity index (χ3n) is 17.3. The molecule has 0 saturated carbocycles. The molecule has 0 radical (unpaired) electrons. The van der Waals surface area contributed by atoms with Crippen molar-refractivity contribution in [3.05, 3.63) is 347 Å². The molecule has 15 rings (SSSR count). The lowest BCUT2D eigenvalue weighted by Crippen LogP contribution is -2.27. The number of Topliss-reactive ketones (excluding diaryl/α,β-unsaturated/α-hetero) is 1. The van der Waals surface area contributed by atoms with Gasteiger partial charge in [0.15, 0.2) is 46.5 Å². The molecule has 426 valence electrons. The van der Waals surface area contributed by atoms with Crippen LogP contribution in [-0.2, 0) is 5.41 Å². The SMILES string of the molecule is C/C=C\C(=C/C)C1=CCC=C(C(=O)c2ccc3c(c2)C2(c4cc(C(=O)c5ccc(-c6ccccc6)cc5)ccc4-c4ccc(-c5nc(-c6ccccc6)nc(-c6ccccc6)n5)cc42)c2cc(-c4nc(-c5ccccc5)nc(-c5ccccc5)n4)ccc2-3)C=C1. The Morgan fingerprint density at radius 1 is 0.333 bits per heavy atom. The smallest absolute Gasteiger partial charge is 0.193 e. The maximum absolute atomic E-state index is 15.4. The molecule has 0 aliphatic heterocycles. The number of hydrogen-bond acceptors (Lipinski definition) is 8. The number of aromatic nitrogens is 6. The first-order valence-corrected chi connectivity index (χ1v) is 30.3. The average molecular weight is 1160 g/mol. The Bertz CT molecular complexity index is 4740. The lowest BCUT2D eigenvalue weighted by atomic mass is 9.69. The Labute approximate surface area is 522 Å². The van der Waals surface area contributed by atoms with E-state index in [1.165, 1.54) is 0 Å². The van der Waals surface area contributed by atoms with E-state index >= 15 is 9.59 Å². The molecule has 8 heteroatoms. The molecule has 2 aromatic heterocycles. The fourth-order valence-corrected chi connectivity index (χ4v) is 13.0. The minimum atomic E-state index is -1.16. The van der Waals surface area contributed by atoms with E-state index < -0.39 is 5.41 Å². The summed E-state index contributed by atoms with van der Waals surface area (Å²) in [6, 6.07) is 83.2. The Morgan fingerprint density at radius 2 is 0.656 bits per heavy atom. The van der Waals surface area contributed by atoms with Gasteiger partial charge >= 0.3 is 0 Å². The van der Waals surface area contributed by atoms with Crippen LogP contribution in [0.5, 0.6) is 0 Å². The first-order valence-electron chi connectivity index (χ1n) is 30.3. The summed E-state index contributed by atoms with van der Waals surface area (Å²) in [6.45, 7) is 4.04. The van der Waals surface area contributed by atoms with Crippen LogP contribution in [0.4, 0.5) is 0 Å². The summed E-state index contributed by atoms with van der Waals surface area (Å²) >= 11 is 0. The molecule has 12 aromatic rings. The second kappa shape index (κ2) is 23.2. The maximum atomic E-state index is 15.4. The van der Waals surface area contributed by atoms with E-state index in [1.54, 1.807) is 0 Å². The number of carbonyl (C=O) groups excluding carboxylic acids is 2. The van der Waals surface area contributed by atoms with Crippen molar-refractivity contribution in [2.75, 3.05) is 0 Å². The number of benzene rings is 10. The lowest BCUT2D eigenvalue weighted by molar-refractivity contribution is 0.103. The van der Waals surface area contributed by atoms with Crippen molar-refractivity contribution in [2.45, 2.75) is 25.7 Å². The fourth-order valence-electron chi connectivity index (χ4n) is 13.0. The molecule has 0 N–H and O–H groups in total. The van der Waals surface area contributed by atoms with Gasteiger partial charge in [-0.15, -0.1) is 0 Å². The summed E-state index contributed by atoms with van der Waals surface area (Å²) in [6.07, 6.45) is 15.0. The molecule has 1 atom stereocenters. The van der Waals surface area contributed by atoms with E-state index in [1.807, 2.05) is 214 Å². The van der Waals surface area contributed by atoms with Gasteiger partial charge in [0.05, 0.1) is 5.41 Å². The molecule has 3 aliphatic rings. The zero-order valence-corrected chi connectivity index (χ0v) is 49.4. The highest BCUT2D eigenvalue weighted by molar-refractivity contribution is 6.13. The highest BCUT2D eigenvalue weighted by Crippen LogP contribution is 2.64. The number of rotatable bonds is 13. The summed E-state index contributed by atoms with van der Waals surface area (Å²) in [7, 11) is 0. The first kappa shape index (κ1) is 54.9. The Balaban J connectivity index is 0.979. The molecule has 3 aliphatic carbocycles. The van der Waals surface area contributed by atoms with Gasteiger partial charge < -0.3 is 0 Å². The number of allylic oxidation sites excluding steroid dienone is 10. The van der Waals surface area contributed by atoms with E-state index in [-0.39, 0.29) is 11.6 Å². The van der Waals surface area contributed by atoms with Gasteiger partial charge in [0.2, 0.25) is 0 Å². The van der Waals surface area contributed by atoms with Crippen LogP contribution in [0.2, 0.25) is 0 Å². The van der Waals surface area contributed by atoms with E-state index in [2.05, 4.69) is 91.0 Å². The highest BCUT2D eigenvalue weighted by atomic mass is 16.1. The van der Waals surface area contributed by atoms with Gasteiger partial charge in [-0.1, -0.05) is 267 Å². The van der Waals surface area contributed by atoms with E-state index in [0.717, 1.165) is 100 Å². The van der Waals surface area contributed by atoms with E-state index in [0.29, 0.717) is 63.6 Å². The molecular weight excluding hydrogens is 1100 g/mol. The zero-order valence-electron chi connectivity index (χ0n) is 49.4. The largest absolute Gasteiger partial charge is 0.289 e. The van der Waals surface area contributed by atoms with Gasteiger partial charge in [-0.05, 0) is 111 Å². The van der Waals surface area contributed by atoms with Crippen LogP contribution < -0.4 is 0 Å². The minimum Gasteiger partial charge on any atom is -0.289 e. The van der Waals surface area contributed by atoms with Gasteiger partial charge in [-0.3, -0.25) is 9.59 Å². The fraction of sp³-hybridized carbons (Fsp3) is 0.0488. The van der Waals surface area contributed by atoms with Crippen LogP contribution in [0.15, 0.2) is 308 Å². The summed E-state index contributed by atoms with van der Waals surface area (Å²) in [5.74, 6) is 2.92. The van der Waals surface area contributed by atoms with Crippen molar-refractivity contribution < 1.29 is 9.59 Å². The third-order valence-corrected chi connectivity index (χ3v) is 17.3. The van der Waals surface area contributed by atoms with Crippen LogP contribution in [-0.4, -0.2) is 41.5 Å². The minimum absolute atomic E-state index is 0.0993. The molecule has 1 spiro atoms. The number of fused-ring (bicyclic) bond motifs is 10. The van der Waals surface area contributed by atoms with E-state index in [9.17, 15) is 0 Å². The predicted molar refractivity (Wildman–Crippen MR) is 360 cm³/mol. The van der Waals surface area contributed by atoms with Gasteiger partial charge in [0.25, 0.3) is 0 Å². The van der Waals surface area contributed by atoms with Crippen molar-refractivity contribution in [2.24, 2.45) is 0 Å². The molecule has 90 heavy (non-hydrogen) atoms. The number of hydrogen-bond donors (Lipinski definition) is 0. The van der Waals surface area contributed by atoms with Crippen LogP contribution in [0.3, 0.4) is 0 Å². The van der Waals surface area contributed by atoms with Crippen molar-refractivity contribution in [1.82, 2.24) is 29.9 Å². The van der Waals surface area contributed by atoms with Crippen LogP contribution in [0, 0.1) is 0 Å². The molecule has 0 bridgehead atoms. The molecule has 0 fully saturated rings. The average Bonchev–Trinajstić information content (AvgIpc) is 1.51. The molecule has 1 unspecified atom stereocenters. The molecule has 8 nitrogen and oxygen atoms in total. The topological polar surface area (TPSA) is 111 Å². The van der Waals surface area contributed by atoms with Crippen molar-refractivity contribution in [1.29, 1.82) is 0 Å². The Morgan fingerprint density at radius 3 is 1.07 bits per heavy atom. The van der Waals surface area contributed by atoms with Crippen LogP contribution in [0.1, 0.15) is 68.8 Å². The Kier molecular flexibility index (Phi) is 14.1. The number of ketones is 2. The van der Waals surface area contributed by atoms with Gasteiger partial charge in [0, 0.05) is 55.6 Å². The molecule has 0 amide bonds. The van der Waals surface area contributed by atoms with Gasteiger partial charge in [-0.25, -0.2) is 29.9 Å². The third kappa shape index (κ3) is 9.77. The molecule has 10 aromatic carbocycles. The van der Waals surface area contributed by atoms with Crippen LogP contribution in [0.25, 0.3) is 102 Å². The van der Waals surface area contributed by atoms with Crippen molar-refractivity contribution >= 4 is 11.6 Å².